The molecule has 1 N–H and O–H groups in total. The van der Waals surface area contributed by atoms with E-state index in [1.54, 1.807) is 28.6 Å². The number of sulfonamides is 1. The highest BCUT2D eigenvalue weighted by Gasteiger charge is 2.28. The normalized spacial score (nSPS) is 12.4. The van der Waals surface area contributed by atoms with Crippen LogP contribution in [0.2, 0.25) is 0 Å². The van der Waals surface area contributed by atoms with E-state index in [2.05, 4.69) is 6.92 Å². The molecule has 3 aromatic rings. The van der Waals surface area contributed by atoms with Crippen molar-refractivity contribution < 1.29 is 18.4 Å². The minimum absolute atomic E-state index is 0.0264. The Kier molecular flexibility index (Phi) is 12.3. The van der Waals surface area contributed by atoms with Gasteiger partial charge in [0.05, 0.1) is 9.82 Å². The lowest BCUT2D eigenvalue weighted by Crippen LogP contribution is -2.32. The number of benzene rings is 3. The molecule has 0 spiro atoms. The Balaban J connectivity index is 1.93. The fraction of sp³-hybridized carbons (Fsp3) is 0.438. The molecule has 222 valence electrons. The minimum atomic E-state index is -3.91. The third-order valence-corrected chi connectivity index (χ3v) is 9.34. The molecule has 0 radical (unpaired) electrons. The number of nitrogens with zero attached hydrogens (tertiary/aromatic N) is 3. The zero-order valence-electron chi connectivity index (χ0n) is 24.4. The van der Waals surface area contributed by atoms with Crippen molar-refractivity contribution in [3.63, 3.8) is 0 Å². The van der Waals surface area contributed by atoms with Crippen LogP contribution in [-0.2, 0) is 23.0 Å². The van der Waals surface area contributed by atoms with Crippen LogP contribution in [0.3, 0.4) is 0 Å². The summed E-state index contributed by atoms with van der Waals surface area (Å²) in [5, 5.41) is 21.1. The minimum Gasteiger partial charge on any atom is -0.396 e. The predicted octanol–water partition coefficient (Wildman–Crippen LogP) is 6.41. The lowest BCUT2D eigenvalue weighted by molar-refractivity contribution is -0.384. The van der Waals surface area contributed by atoms with Crippen molar-refractivity contribution in [1.82, 2.24) is 4.31 Å². The summed E-state index contributed by atoms with van der Waals surface area (Å²) in [5.74, 6) is 0.245. The van der Waals surface area contributed by atoms with Gasteiger partial charge in [-0.15, -0.1) is 0 Å². The van der Waals surface area contributed by atoms with Crippen LogP contribution in [-0.4, -0.2) is 50.0 Å². The van der Waals surface area contributed by atoms with Crippen molar-refractivity contribution in [2.24, 2.45) is 5.92 Å². The van der Waals surface area contributed by atoms with Crippen molar-refractivity contribution >= 4 is 21.4 Å². The molecule has 8 nitrogen and oxygen atoms in total. The molecule has 3 rings (SSSR count). The molecule has 0 aliphatic heterocycles. The molecule has 41 heavy (non-hydrogen) atoms. The van der Waals surface area contributed by atoms with Crippen LogP contribution < -0.4 is 4.90 Å². The summed E-state index contributed by atoms with van der Waals surface area (Å²) in [4.78, 5) is 13.0. The third kappa shape index (κ3) is 9.38. The molecule has 0 saturated carbocycles. The molecule has 0 saturated heterocycles. The SMILES string of the molecule is CCCCC(CO)CCCCN(Cc1ccccc1)S(=O)(=O)c1ccc(N(C)C)cc1Cc1cccc([N+](=O)[O-])c1. The zero-order chi connectivity index (χ0) is 29.8. The van der Waals surface area contributed by atoms with E-state index < -0.39 is 14.9 Å². The van der Waals surface area contributed by atoms with E-state index in [1.807, 2.05) is 55.4 Å². The molecular formula is C32H43N3O5S. The second-order valence-corrected chi connectivity index (χ2v) is 12.7. The molecule has 1 atom stereocenters. The number of anilines is 1. The Morgan fingerprint density at radius 1 is 0.902 bits per heavy atom. The quantitative estimate of drug-likeness (QED) is 0.112. The number of non-ortho nitro benzene ring substituents is 1. The van der Waals surface area contributed by atoms with Crippen molar-refractivity contribution in [1.29, 1.82) is 0 Å². The van der Waals surface area contributed by atoms with Gasteiger partial charge >= 0.3 is 0 Å². The monoisotopic (exact) mass is 581 g/mol. The first kappa shape index (κ1) is 32.2. The van der Waals surface area contributed by atoms with Gasteiger partial charge in [0.25, 0.3) is 5.69 Å². The Bertz CT molecular complexity index is 1360. The number of aliphatic hydroxyl groups excluding tert-OH is 1. The highest BCUT2D eigenvalue weighted by atomic mass is 32.2. The van der Waals surface area contributed by atoms with Crippen molar-refractivity contribution in [2.45, 2.75) is 63.3 Å². The molecule has 0 aliphatic rings. The van der Waals surface area contributed by atoms with Crippen LogP contribution in [0.5, 0.6) is 0 Å². The third-order valence-electron chi connectivity index (χ3n) is 7.39. The highest BCUT2D eigenvalue weighted by molar-refractivity contribution is 7.89. The number of rotatable bonds is 17. The van der Waals surface area contributed by atoms with E-state index in [0.717, 1.165) is 43.4 Å². The number of unbranched alkanes of at least 4 members (excludes halogenated alkanes) is 2. The van der Waals surface area contributed by atoms with Gasteiger partial charge in [-0.05, 0) is 66.5 Å². The Morgan fingerprint density at radius 2 is 1.61 bits per heavy atom. The summed E-state index contributed by atoms with van der Waals surface area (Å²) in [6.07, 6.45) is 5.78. The first-order valence-corrected chi connectivity index (χ1v) is 15.8. The molecule has 0 heterocycles. The fourth-order valence-electron chi connectivity index (χ4n) is 4.98. The van der Waals surface area contributed by atoms with E-state index in [0.29, 0.717) is 24.1 Å². The van der Waals surface area contributed by atoms with Crippen LogP contribution >= 0.6 is 0 Å². The van der Waals surface area contributed by atoms with Crippen LogP contribution in [0.4, 0.5) is 11.4 Å². The maximum absolute atomic E-state index is 14.3. The first-order valence-electron chi connectivity index (χ1n) is 14.3. The molecule has 0 bridgehead atoms. The number of aliphatic hydroxyl groups is 1. The maximum atomic E-state index is 14.3. The van der Waals surface area contributed by atoms with Gasteiger partial charge in [-0.1, -0.05) is 68.7 Å². The topological polar surface area (TPSA) is 104 Å². The van der Waals surface area contributed by atoms with Gasteiger partial charge in [0.1, 0.15) is 0 Å². The van der Waals surface area contributed by atoms with Crippen LogP contribution in [0.1, 0.15) is 62.1 Å². The Labute approximate surface area is 244 Å². The second kappa shape index (κ2) is 15.7. The molecule has 3 aromatic carbocycles. The van der Waals surface area contributed by atoms with Gasteiger partial charge in [0, 0.05) is 51.6 Å². The Hall–Kier alpha value is -3.27. The first-order chi connectivity index (χ1) is 19.6. The molecule has 0 aliphatic carbocycles. The summed E-state index contributed by atoms with van der Waals surface area (Å²) < 4.78 is 30.1. The molecule has 9 heteroatoms. The maximum Gasteiger partial charge on any atom is 0.269 e. The van der Waals surface area contributed by atoms with Gasteiger partial charge < -0.3 is 10.0 Å². The van der Waals surface area contributed by atoms with Crippen molar-refractivity contribution in [3.05, 3.63) is 99.6 Å². The lowest BCUT2D eigenvalue weighted by Gasteiger charge is -2.25. The summed E-state index contributed by atoms with van der Waals surface area (Å²) in [6.45, 7) is 2.90. The highest BCUT2D eigenvalue weighted by Crippen LogP contribution is 2.29. The van der Waals surface area contributed by atoms with Crippen LogP contribution in [0, 0.1) is 16.0 Å². The van der Waals surface area contributed by atoms with Gasteiger partial charge in [0.2, 0.25) is 10.0 Å². The fourth-order valence-corrected chi connectivity index (χ4v) is 6.65. The molecule has 0 amide bonds. The van der Waals surface area contributed by atoms with E-state index in [1.165, 1.54) is 12.1 Å². The van der Waals surface area contributed by atoms with Gasteiger partial charge in [0.15, 0.2) is 0 Å². The van der Waals surface area contributed by atoms with Crippen LogP contribution in [0.25, 0.3) is 0 Å². The van der Waals surface area contributed by atoms with Crippen molar-refractivity contribution in [2.75, 3.05) is 32.1 Å². The average molecular weight is 582 g/mol. The number of hydrogen-bond acceptors (Lipinski definition) is 6. The average Bonchev–Trinajstić information content (AvgIpc) is 2.96. The molecule has 0 fully saturated rings. The van der Waals surface area contributed by atoms with Crippen LogP contribution in [0.15, 0.2) is 77.7 Å². The van der Waals surface area contributed by atoms with Crippen molar-refractivity contribution in [3.8, 4) is 0 Å². The zero-order valence-corrected chi connectivity index (χ0v) is 25.2. The van der Waals surface area contributed by atoms with E-state index in [4.69, 9.17) is 0 Å². The van der Waals surface area contributed by atoms with E-state index >= 15 is 0 Å². The standard InChI is InChI=1S/C32H43N3O5S/c1-4-5-12-27(25-36)15-9-10-20-34(24-26-13-7-6-8-14-26)41(39,40)32-19-18-30(33(2)3)23-29(32)21-28-16-11-17-31(22-28)35(37)38/h6-8,11,13-14,16-19,22-23,27,36H,4-5,9-10,12,15,20-21,24-25H2,1-3H3. The Morgan fingerprint density at radius 3 is 2.27 bits per heavy atom. The molecular weight excluding hydrogens is 538 g/mol. The lowest BCUT2D eigenvalue weighted by atomic mass is 9.97. The summed E-state index contributed by atoms with van der Waals surface area (Å²) in [7, 11) is -0.125. The second-order valence-electron chi connectivity index (χ2n) is 10.8. The summed E-state index contributed by atoms with van der Waals surface area (Å²) >= 11 is 0. The largest absolute Gasteiger partial charge is 0.396 e. The smallest absolute Gasteiger partial charge is 0.269 e. The van der Waals surface area contributed by atoms with E-state index in [-0.39, 0.29) is 36.1 Å². The van der Waals surface area contributed by atoms with Gasteiger partial charge in [-0.2, -0.15) is 4.31 Å². The molecule has 1 unspecified atom stereocenters. The summed E-state index contributed by atoms with van der Waals surface area (Å²) in [5.41, 5.74) is 2.98. The number of hydrogen-bond donors (Lipinski definition) is 1. The summed E-state index contributed by atoms with van der Waals surface area (Å²) in [6, 6.07) is 21.2. The number of nitro groups is 1. The van der Waals surface area contributed by atoms with Gasteiger partial charge in [-0.3, -0.25) is 10.1 Å². The predicted molar refractivity (Wildman–Crippen MR) is 165 cm³/mol. The van der Waals surface area contributed by atoms with Gasteiger partial charge in [-0.25, -0.2) is 8.42 Å². The van der Waals surface area contributed by atoms with E-state index in [9.17, 15) is 23.6 Å². The number of nitro benzene ring substituents is 1. The molecule has 0 aromatic heterocycles.